The molecule has 19 heavy (non-hydrogen) atoms. The molecule has 6 nitrogen and oxygen atoms in total. The summed E-state index contributed by atoms with van der Waals surface area (Å²) >= 11 is 0. The van der Waals surface area contributed by atoms with Crippen LogP contribution >= 0.6 is 0 Å². The van der Waals surface area contributed by atoms with Gasteiger partial charge in [-0.15, -0.1) is 0 Å². The summed E-state index contributed by atoms with van der Waals surface area (Å²) in [7, 11) is 0. The van der Waals surface area contributed by atoms with E-state index >= 15 is 0 Å². The first-order valence-electron chi connectivity index (χ1n) is 6.25. The number of anilines is 1. The normalized spacial score (nSPS) is 11.7. The highest BCUT2D eigenvalue weighted by atomic mass is 16.5. The lowest BCUT2D eigenvalue weighted by atomic mass is 10.2. The zero-order valence-electron chi connectivity index (χ0n) is 11.4. The van der Waals surface area contributed by atoms with E-state index in [0.29, 0.717) is 24.7 Å². The largest absolute Gasteiger partial charge is 0.466 e. The van der Waals surface area contributed by atoms with E-state index in [0.717, 1.165) is 0 Å². The molecule has 0 bridgehead atoms. The average Bonchev–Trinajstić information content (AvgIpc) is 2.77. The van der Waals surface area contributed by atoms with E-state index in [2.05, 4.69) is 5.32 Å². The van der Waals surface area contributed by atoms with E-state index < -0.39 is 5.97 Å². The van der Waals surface area contributed by atoms with Crippen LogP contribution in [0.25, 0.3) is 0 Å². The summed E-state index contributed by atoms with van der Waals surface area (Å²) in [4.78, 5) is 22.9. The summed E-state index contributed by atoms with van der Waals surface area (Å²) in [5.41, 5.74) is 0.317. The Labute approximate surface area is 112 Å². The fraction of sp³-hybridized carbons (Fsp3) is 0.538. The minimum atomic E-state index is -0.456. The van der Waals surface area contributed by atoms with Gasteiger partial charge in [-0.2, -0.15) is 0 Å². The molecule has 1 rings (SSSR count). The molecule has 0 aromatic carbocycles. The number of nitrogens with one attached hydrogen (secondary N) is 1. The van der Waals surface area contributed by atoms with Gasteiger partial charge < -0.3 is 19.2 Å². The van der Waals surface area contributed by atoms with E-state index in [9.17, 15) is 9.59 Å². The standard InChI is InChI=1S/C13H19NO5/c1-4-17-11(15)8-9(3)14-12-10(6-7-19-12)13(16)18-5-2/h6-7,9,14H,4-5,8H2,1-3H3. The summed E-state index contributed by atoms with van der Waals surface area (Å²) in [6.07, 6.45) is 1.59. The Kier molecular flexibility index (Phi) is 5.92. The highest BCUT2D eigenvalue weighted by molar-refractivity contribution is 5.94. The molecule has 1 atom stereocenters. The van der Waals surface area contributed by atoms with Crippen molar-refractivity contribution < 1.29 is 23.5 Å². The third-order valence-corrected chi connectivity index (χ3v) is 2.32. The topological polar surface area (TPSA) is 77.8 Å². The molecule has 0 spiro atoms. The van der Waals surface area contributed by atoms with Gasteiger partial charge in [-0.05, 0) is 26.8 Å². The van der Waals surface area contributed by atoms with E-state index in [4.69, 9.17) is 13.9 Å². The van der Waals surface area contributed by atoms with Crippen LogP contribution < -0.4 is 5.32 Å². The van der Waals surface area contributed by atoms with Crippen LogP contribution in [-0.4, -0.2) is 31.2 Å². The fourth-order valence-electron chi connectivity index (χ4n) is 1.54. The van der Waals surface area contributed by atoms with Crippen LogP contribution in [-0.2, 0) is 14.3 Å². The van der Waals surface area contributed by atoms with Gasteiger partial charge in [-0.25, -0.2) is 4.79 Å². The summed E-state index contributed by atoms with van der Waals surface area (Å²) < 4.78 is 14.9. The van der Waals surface area contributed by atoms with Gasteiger partial charge in [0.05, 0.1) is 25.9 Å². The van der Waals surface area contributed by atoms with Crippen LogP contribution in [0.2, 0.25) is 0 Å². The zero-order chi connectivity index (χ0) is 14.3. The Hall–Kier alpha value is -1.98. The number of furan rings is 1. The van der Waals surface area contributed by atoms with E-state index in [-0.39, 0.29) is 18.4 Å². The Morgan fingerprint density at radius 3 is 2.63 bits per heavy atom. The van der Waals surface area contributed by atoms with E-state index in [1.54, 1.807) is 20.8 Å². The SMILES string of the molecule is CCOC(=O)CC(C)Nc1occc1C(=O)OCC. The molecule has 1 heterocycles. The molecule has 106 valence electrons. The molecule has 1 unspecified atom stereocenters. The lowest BCUT2D eigenvalue weighted by Gasteiger charge is -2.13. The van der Waals surface area contributed by atoms with Gasteiger partial charge in [0, 0.05) is 6.04 Å². The summed E-state index contributed by atoms with van der Waals surface area (Å²) in [6, 6.07) is 1.32. The van der Waals surface area contributed by atoms with Crippen molar-refractivity contribution in [3.8, 4) is 0 Å². The Bertz CT molecular complexity index is 426. The molecule has 0 aliphatic carbocycles. The first kappa shape index (κ1) is 15.1. The van der Waals surface area contributed by atoms with Gasteiger partial charge in [0.15, 0.2) is 0 Å². The maximum Gasteiger partial charge on any atom is 0.343 e. The number of ether oxygens (including phenoxy) is 2. The molecule has 1 aromatic heterocycles. The molecule has 0 fully saturated rings. The Morgan fingerprint density at radius 1 is 1.32 bits per heavy atom. The third kappa shape index (κ3) is 4.65. The predicted octanol–water partition coefficient (Wildman–Crippen LogP) is 2.21. The van der Waals surface area contributed by atoms with Gasteiger partial charge in [0.2, 0.25) is 5.88 Å². The number of rotatable bonds is 7. The molecule has 6 heteroatoms. The van der Waals surface area contributed by atoms with Crippen molar-refractivity contribution in [2.24, 2.45) is 0 Å². The number of carbonyl (C=O) groups excluding carboxylic acids is 2. The first-order chi connectivity index (χ1) is 9.08. The minimum absolute atomic E-state index is 0.191. The predicted molar refractivity (Wildman–Crippen MR) is 69.0 cm³/mol. The van der Waals surface area contributed by atoms with Crippen molar-refractivity contribution in [3.05, 3.63) is 17.9 Å². The van der Waals surface area contributed by atoms with Crippen LogP contribution in [0.4, 0.5) is 5.88 Å². The van der Waals surface area contributed by atoms with Crippen LogP contribution in [0.1, 0.15) is 37.6 Å². The molecule has 0 amide bonds. The molecular weight excluding hydrogens is 250 g/mol. The van der Waals surface area contributed by atoms with Crippen molar-refractivity contribution in [2.75, 3.05) is 18.5 Å². The first-order valence-corrected chi connectivity index (χ1v) is 6.25. The van der Waals surface area contributed by atoms with Crippen molar-refractivity contribution in [1.29, 1.82) is 0 Å². The minimum Gasteiger partial charge on any atom is -0.466 e. The second-order valence-corrected chi connectivity index (χ2v) is 3.94. The maximum absolute atomic E-state index is 11.6. The van der Waals surface area contributed by atoms with Crippen molar-refractivity contribution >= 4 is 17.8 Å². The Balaban J connectivity index is 2.59. The maximum atomic E-state index is 11.6. The molecular formula is C13H19NO5. The monoisotopic (exact) mass is 269 g/mol. The quantitative estimate of drug-likeness (QED) is 0.765. The van der Waals surface area contributed by atoms with Crippen LogP contribution in [0.3, 0.4) is 0 Å². The average molecular weight is 269 g/mol. The van der Waals surface area contributed by atoms with Crippen molar-refractivity contribution in [3.63, 3.8) is 0 Å². The van der Waals surface area contributed by atoms with Gasteiger partial charge in [0.1, 0.15) is 5.56 Å². The fourth-order valence-corrected chi connectivity index (χ4v) is 1.54. The van der Waals surface area contributed by atoms with E-state index in [1.807, 2.05) is 0 Å². The molecule has 0 aliphatic rings. The van der Waals surface area contributed by atoms with Gasteiger partial charge >= 0.3 is 11.9 Å². The number of carbonyl (C=O) groups is 2. The lowest BCUT2D eigenvalue weighted by molar-refractivity contribution is -0.143. The number of esters is 2. The second-order valence-electron chi connectivity index (χ2n) is 3.94. The molecule has 0 saturated carbocycles. The molecule has 0 radical (unpaired) electrons. The Morgan fingerprint density at radius 2 is 2.00 bits per heavy atom. The molecule has 0 aliphatic heterocycles. The van der Waals surface area contributed by atoms with Gasteiger partial charge in [-0.3, -0.25) is 4.79 Å². The smallest absolute Gasteiger partial charge is 0.343 e. The zero-order valence-corrected chi connectivity index (χ0v) is 11.4. The van der Waals surface area contributed by atoms with Crippen molar-refractivity contribution in [2.45, 2.75) is 33.2 Å². The third-order valence-electron chi connectivity index (χ3n) is 2.32. The lowest BCUT2D eigenvalue weighted by Crippen LogP contribution is -2.22. The molecule has 1 aromatic rings. The van der Waals surface area contributed by atoms with Crippen LogP contribution in [0.15, 0.2) is 16.7 Å². The van der Waals surface area contributed by atoms with Crippen LogP contribution in [0, 0.1) is 0 Å². The second kappa shape index (κ2) is 7.45. The number of hydrogen-bond donors (Lipinski definition) is 1. The highest BCUT2D eigenvalue weighted by Crippen LogP contribution is 2.19. The van der Waals surface area contributed by atoms with Gasteiger partial charge in [-0.1, -0.05) is 0 Å². The molecule has 1 N–H and O–H groups in total. The summed E-state index contributed by atoms with van der Waals surface area (Å²) in [6.45, 7) is 5.92. The van der Waals surface area contributed by atoms with Gasteiger partial charge in [0.25, 0.3) is 0 Å². The summed E-state index contributed by atoms with van der Waals surface area (Å²) in [5, 5.41) is 2.95. The van der Waals surface area contributed by atoms with Crippen molar-refractivity contribution in [1.82, 2.24) is 0 Å². The number of hydrogen-bond acceptors (Lipinski definition) is 6. The van der Waals surface area contributed by atoms with Crippen LogP contribution in [0.5, 0.6) is 0 Å². The van der Waals surface area contributed by atoms with E-state index in [1.165, 1.54) is 12.3 Å². The highest BCUT2D eigenvalue weighted by Gasteiger charge is 2.18. The molecule has 0 saturated heterocycles. The summed E-state index contributed by atoms with van der Waals surface area (Å²) in [5.74, 6) is -0.455.